The minimum Gasteiger partial charge on any atom is -0.495 e. The Hall–Kier alpha value is -3.67. The molecule has 11 heteroatoms. The smallest absolute Gasteiger partial charge is 0.294 e. The second-order valence-corrected chi connectivity index (χ2v) is 11.3. The number of aliphatic hydroxyl groups excluding tert-OH is 1. The van der Waals surface area contributed by atoms with E-state index in [1.54, 1.807) is 62.6 Å². The third-order valence-corrected chi connectivity index (χ3v) is 8.71. The van der Waals surface area contributed by atoms with Crippen molar-refractivity contribution in [1.29, 1.82) is 0 Å². The normalized spacial score (nSPS) is 25.0. The first-order valence-corrected chi connectivity index (χ1v) is 14.1. The number of nitrogens with one attached hydrogen (secondary N) is 2. The molecule has 2 aliphatic carbocycles. The van der Waals surface area contributed by atoms with E-state index < -0.39 is 11.8 Å². The molecular formula is C30H36N4O7. The second-order valence-electron chi connectivity index (χ2n) is 11.3. The number of hydrogen-bond acceptors (Lipinski definition) is 9. The average molecular weight is 565 g/mol. The number of methoxy groups -OCH3 is 2. The highest BCUT2D eigenvalue weighted by Gasteiger charge is 2.53. The largest absolute Gasteiger partial charge is 0.495 e. The number of fused-ring (bicyclic) bond motifs is 3. The van der Waals surface area contributed by atoms with Crippen LogP contribution >= 0.6 is 0 Å². The van der Waals surface area contributed by atoms with Gasteiger partial charge in [-0.1, -0.05) is 0 Å². The minimum absolute atomic E-state index is 0.00591. The maximum absolute atomic E-state index is 14.2. The molecule has 3 aliphatic rings. The van der Waals surface area contributed by atoms with E-state index in [4.69, 9.17) is 18.6 Å². The van der Waals surface area contributed by atoms with Gasteiger partial charge in [0.05, 0.1) is 24.3 Å². The standard InChI is InChI=1S/C30H36N4O7/c1-30(29(37)32-15-22-23(39-3)8-5-11-31-22)16-40-25-21-10-9-17(27(35)33-18-6-4-7-18)12-24(21)41-26(25)28(36)34(30)19-13-20(14-19)38-2/h5,8-12,18-20,29,32,37H,4,6-7,13-16H2,1-3H3,(H,33,35). The molecule has 2 atom stereocenters. The average Bonchev–Trinajstić information content (AvgIpc) is 3.26. The number of furan rings is 1. The third kappa shape index (κ3) is 4.92. The molecule has 2 saturated carbocycles. The van der Waals surface area contributed by atoms with E-state index in [-0.39, 0.29) is 48.9 Å². The van der Waals surface area contributed by atoms with Crippen molar-refractivity contribution in [2.75, 3.05) is 20.8 Å². The number of rotatable bonds is 9. The topological polar surface area (TPSA) is 135 Å². The van der Waals surface area contributed by atoms with Crippen LogP contribution in [-0.4, -0.2) is 77.6 Å². The van der Waals surface area contributed by atoms with E-state index in [1.165, 1.54) is 0 Å². The molecule has 2 unspecified atom stereocenters. The summed E-state index contributed by atoms with van der Waals surface area (Å²) in [6, 6.07) is 8.71. The lowest BCUT2D eigenvalue weighted by Gasteiger charge is -2.51. The van der Waals surface area contributed by atoms with Gasteiger partial charge in [-0.2, -0.15) is 0 Å². The summed E-state index contributed by atoms with van der Waals surface area (Å²) in [5, 5.41) is 18.3. The number of ether oxygens (including phenoxy) is 3. The third-order valence-electron chi connectivity index (χ3n) is 8.71. The number of carbonyl (C=O) groups excluding carboxylic acids is 2. The lowest BCUT2D eigenvalue weighted by atomic mass is 9.83. The molecule has 1 aliphatic heterocycles. The molecule has 0 radical (unpaired) electrons. The molecular weight excluding hydrogens is 528 g/mol. The van der Waals surface area contributed by atoms with E-state index >= 15 is 0 Å². The number of benzene rings is 1. The quantitative estimate of drug-likeness (QED) is 0.335. The Morgan fingerprint density at radius 3 is 2.78 bits per heavy atom. The van der Waals surface area contributed by atoms with Crippen LogP contribution in [0.3, 0.4) is 0 Å². The van der Waals surface area contributed by atoms with Crippen molar-refractivity contribution in [3.05, 3.63) is 53.5 Å². The summed E-state index contributed by atoms with van der Waals surface area (Å²) in [7, 11) is 3.22. The first-order chi connectivity index (χ1) is 19.8. The predicted molar refractivity (Wildman–Crippen MR) is 149 cm³/mol. The monoisotopic (exact) mass is 564 g/mol. The Kier molecular flexibility index (Phi) is 7.35. The van der Waals surface area contributed by atoms with E-state index in [0.29, 0.717) is 46.6 Å². The minimum atomic E-state index is -1.17. The Labute approximate surface area is 238 Å². The van der Waals surface area contributed by atoms with Gasteiger partial charge in [0.2, 0.25) is 5.76 Å². The molecule has 41 heavy (non-hydrogen) atoms. The maximum atomic E-state index is 14.2. The molecule has 2 fully saturated rings. The lowest BCUT2D eigenvalue weighted by molar-refractivity contribution is -0.0997. The molecule has 3 heterocycles. The highest BCUT2D eigenvalue weighted by Crippen LogP contribution is 2.43. The van der Waals surface area contributed by atoms with Gasteiger partial charge in [0.1, 0.15) is 29.7 Å². The molecule has 0 bridgehead atoms. The molecule has 0 saturated heterocycles. The zero-order chi connectivity index (χ0) is 28.7. The van der Waals surface area contributed by atoms with Crippen LogP contribution in [0, 0.1) is 0 Å². The van der Waals surface area contributed by atoms with Crippen molar-refractivity contribution in [3.63, 3.8) is 0 Å². The van der Waals surface area contributed by atoms with Gasteiger partial charge in [-0.15, -0.1) is 0 Å². The van der Waals surface area contributed by atoms with Gasteiger partial charge >= 0.3 is 0 Å². The van der Waals surface area contributed by atoms with Crippen LogP contribution in [0.4, 0.5) is 0 Å². The summed E-state index contributed by atoms with van der Waals surface area (Å²) in [4.78, 5) is 33.0. The van der Waals surface area contributed by atoms with Crippen LogP contribution in [0.15, 0.2) is 40.9 Å². The Morgan fingerprint density at radius 2 is 2.07 bits per heavy atom. The van der Waals surface area contributed by atoms with Crippen LogP contribution in [0.1, 0.15) is 65.6 Å². The van der Waals surface area contributed by atoms with Gasteiger partial charge in [-0.25, -0.2) is 0 Å². The summed E-state index contributed by atoms with van der Waals surface area (Å²) in [5.41, 5.74) is 0.341. The number of hydrogen-bond donors (Lipinski definition) is 3. The van der Waals surface area contributed by atoms with Crippen molar-refractivity contribution >= 4 is 22.8 Å². The number of aliphatic hydroxyl groups is 1. The summed E-state index contributed by atoms with van der Waals surface area (Å²) in [5.74, 6) is 0.414. The summed E-state index contributed by atoms with van der Waals surface area (Å²) >= 11 is 0. The fourth-order valence-electron chi connectivity index (χ4n) is 5.84. The highest BCUT2D eigenvalue weighted by molar-refractivity contribution is 6.04. The van der Waals surface area contributed by atoms with Gasteiger partial charge in [-0.3, -0.25) is 19.9 Å². The van der Waals surface area contributed by atoms with Crippen LogP contribution in [-0.2, 0) is 11.3 Å². The molecule has 11 nitrogen and oxygen atoms in total. The Morgan fingerprint density at radius 1 is 1.27 bits per heavy atom. The number of nitrogens with zero attached hydrogens (tertiary/aromatic N) is 2. The number of aromatic nitrogens is 1. The van der Waals surface area contributed by atoms with Gasteiger partial charge < -0.3 is 34.0 Å². The lowest BCUT2D eigenvalue weighted by Crippen LogP contribution is -2.68. The van der Waals surface area contributed by atoms with E-state index in [9.17, 15) is 14.7 Å². The van der Waals surface area contributed by atoms with Crippen LogP contribution in [0.2, 0.25) is 0 Å². The molecule has 218 valence electrons. The molecule has 1 aromatic carbocycles. The SMILES string of the molecule is COc1cccnc1CNC(O)C1(C)COc2c(oc3cc(C(=O)NC4CCC4)ccc23)C(=O)N1C1CC(OC)C1. The zero-order valence-corrected chi connectivity index (χ0v) is 23.5. The van der Waals surface area contributed by atoms with Crippen molar-refractivity contribution in [2.45, 2.75) is 75.5 Å². The fourth-order valence-corrected chi connectivity index (χ4v) is 5.84. The number of amides is 2. The maximum Gasteiger partial charge on any atom is 0.294 e. The summed E-state index contributed by atoms with van der Waals surface area (Å²) < 4.78 is 23.3. The molecule has 0 spiro atoms. The van der Waals surface area contributed by atoms with Gasteiger partial charge in [0.15, 0.2) is 5.75 Å². The Bertz CT molecular complexity index is 1450. The van der Waals surface area contributed by atoms with Crippen molar-refractivity contribution in [3.8, 4) is 11.5 Å². The molecule has 6 rings (SSSR count). The van der Waals surface area contributed by atoms with Gasteiger partial charge in [0, 0.05) is 37.5 Å². The first kappa shape index (κ1) is 27.5. The highest BCUT2D eigenvalue weighted by atomic mass is 16.5. The summed E-state index contributed by atoms with van der Waals surface area (Å²) in [6.07, 6.45) is 4.86. The molecule has 3 aromatic rings. The first-order valence-electron chi connectivity index (χ1n) is 14.1. The number of carbonyl (C=O) groups is 2. The molecule has 3 N–H and O–H groups in total. The predicted octanol–water partition coefficient (Wildman–Crippen LogP) is 3.00. The molecule has 2 amide bonds. The van der Waals surface area contributed by atoms with Crippen LogP contribution in [0.25, 0.3) is 11.0 Å². The van der Waals surface area contributed by atoms with Crippen molar-refractivity contribution in [1.82, 2.24) is 20.5 Å². The molecule has 2 aromatic heterocycles. The van der Waals surface area contributed by atoms with Gasteiger partial charge in [-0.05, 0) is 69.4 Å². The van der Waals surface area contributed by atoms with E-state index in [1.807, 2.05) is 0 Å². The van der Waals surface area contributed by atoms with E-state index in [2.05, 4.69) is 15.6 Å². The van der Waals surface area contributed by atoms with Crippen LogP contribution < -0.4 is 20.1 Å². The van der Waals surface area contributed by atoms with E-state index in [0.717, 1.165) is 19.3 Å². The zero-order valence-electron chi connectivity index (χ0n) is 23.5. The van der Waals surface area contributed by atoms with Crippen LogP contribution in [0.5, 0.6) is 11.5 Å². The fraction of sp³-hybridized carbons (Fsp3) is 0.500. The number of pyridine rings is 1. The van der Waals surface area contributed by atoms with Crippen molar-refractivity contribution < 1.29 is 33.3 Å². The summed E-state index contributed by atoms with van der Waals surface area (Å²) in [6.45, 7) is 2.02. The van der Waals surface area contributed by atoms with Crippen molar-refractivity contribution in [2.24, 2.45) is 0 Å². The van der Waals surface area contributed by atoms with Gasteiger partial charge in [0.25, 0.3) is 11.8 Å². The Balaban J connectivity index is 1.29. The second kappa shape index (κ2) is 11.0.